The normalized spacial score (nSPS) is 48.5. The average Bonchev–Trinajstić information content (AvgIpc) is 2.89. The van der Waals surface area contributed by atoms with E-state index in [-0.39, 0.29) is 39.7 Å². The van der Waals surface area contributed by atoms with Gasteiger partial charge >= 0.3 is 5.97 Å². The maximum atomic E-state index is 14.2. The zero-order chi connectivity index (χ0) is 28.0. The van der Waals surface area contributed by atoms with Crippen LogP contribution in [-0.4, -0.2) is 17.2 Å². The Morgan fingerprint density at radius 1 is 0.872 bits per heavy atom. The fraction of sp³-hybridized carbons (Fsp3) is 0.750. The van der Waals surface area contributed by atoms with Gasteiger partial charge in [0.05, 0.1) is 11.5 Å². The molecule has 0 amide bonds. The summed E-state index contributed by atoms with van der Waals surface area (Å²) in [5.41, 5.74) is 1.68. The standard InChI is InChI=1S/C36H52O3/c1-23-15-20-36(31(38)39-25-11-9-8-10-12-25)22-21-34(6)26(30(36)24(23)2)13-14-28-33(5)18-17-29(37)32(3,4)27(33)16-19-35(28,34)7/h8-13,23-24,27-30,37H,14-22H2,1-7H3. The van der Waals surface area contributed by atoms with Gasteiger partial charge in [0.1, 0.15) is 5.75 Å². The van der Waals surface area contributed by atoms with Crippen molar-refractivity contribution >= 4 is 5.97 Å². The first-order valence-corrected chi connectivity index (χ1v) is 16.0. The maximum absolute atomic E-state index is 14.2. The van der Waals surface area contributed by atoms with E-state index in [0.29, 0.717) is 29.4 Å². The molecule has 4 fully saturated rings. The van der Waals surface area contributed by atoms with Crippen LogP contribution in [0.15, 0.2) is 42.0 Å². The van der Waals surface area contributed by atoms with Crippen molar-refractivity contribution in [1.82, 2.24) is 0 Å². The second-order valence-electron chi connectivity index (χ2n) is 15.9. The number of aliphatic hydroxyl groups is 1. The van der Waals surface area contributed by atoms with Gasteiger partial charge in [-0.05, 0) is 121 Å². The molecule has 39 heavy (non-hydrogen) atoms. The van der Waals surface area contributed by atoms with Gasteiger partial charge in [-0.15, -0.1) is 0 Å². The molecular formula is C36H52O3. The number of carbonyl (C=O) groups excluding carboxylic acids is 1. The number of para-hydroxylation sites is 1. The Hall–Kier alpha value is -1.61. The van der Waals surface area contributed by atoms with Crippen molar-refractivity contribution in [2.24, 2.45) is 56.7 Å². The quantitative estimate of drug-likeness (QED) is 0.236. The number of rotatable bonds is 2. The number of ether oxygens (including phenoxy) is 1. The highest BCUT2D eigenvalue weighted by atomic mass is 16.5. The lowest BCUT2D eigenvalue weighted by Crippen LogP contribution is -2.65. The minimum Gasteiger partial charge on any atom is -0.426 e. The topological polar surface area (TPSA) is 46.5 Å². The van der Waals surface area contributed by atoms with Gasteiger partial charge in [0.25, 0.3) is 0 Å². The molecule has 1 N–H and O–H groups in total. The van der Waals surface area contributed by atoms with E-state index in [0.717, 1.165) is 44.9 Å². The summed E-state index contributed by atoms with van der Waals surface area (Å²) in [5, 5.41) is 11.0. The van der Waals surface area contributed by atoms with Crippen LogP contribution in [0.25, 0.3) is 0 Å². The third-order valence-corrected chi connectivity index (χ3v) is 14.3. The Balaban J connectivity index is 1.41. The molecule has 0 bridgehead atoms. The predicted octanol–water partition coefficient (Wildman–Crippen LogP) is 8.61. The van der Waals surface area contributed by atoms with E-state index in [1.54, 1.807) is 5.57 Å². The minimum absolute atomic E-state index is 0.00589. The summed E-state index contributed by atoms with van der Waals surface area (Å²) in [6.45, 7) is 17.2. The Morgan fingerprint density at radius 2 is 1.59 bits per heavy atom. The van der Waals surface area contributed by atoms with Crippen LogP contribution in [0.1, 0.15) is 106 Å². The second-order valence-corrected chi connectivity index (χ2v) is 15.9. The SMILES string of the molecule is CC1CCC2(C(=O)Oc3ccccc3)CCC3(C)C(=CCC4C5(C)CCC(O)C(C)(C)C5CCC43C)C2C1C. The third kappa shape index (κ3) is 3.60. The number of fused-ring (bicyclic) bond motifs is 7. The molecule has 5 aliphatic rings. The monoisotopic (exact) mass is 532 g/mol. The van der Waals surface area contributed by atoms with E-state index < -0.39 is 5.41 Å². The zero-order valence-corrected chi connectivity index (χ0v) is 25.6. The lowest BCUT2D eigenvalue weighted by atomic mass is 9.33. The smallest absolute Gasteiger partial charge is 0.318 e. The summed E-state index contributed by atoms with van der Waals surface area (Å²) >= 11 is 0. The van der Waals surface area contributed by atoms with Crippen molar-refractivity contribution in [3.05, 3.63) is 42.0 Å². The predicted molar refractivity (Wildman–Crippen MR) is 157 cm³/mol. The van der Waals surface area contributed by atoms with E-state index in [2.05, 4.69) is 54.5 Å². The first kappa shape index (κ1) is 27.6. The van der Waals surface area contributed by atoms with Crippen molar-refractivity contribution in [1.29, 1.82) is 0 Å². The van der Waals surface area contributed by atoms with Crippen LogP contribution in [-0.2, 0) is 4.79 Å². The molecule has 0 saturated heterocycles. The maximum Gasteiger partial charge on any atom is 0.318 e. The summed E-state index contributed by atoms with van der Waals surface area (Å²) in [4.78, 5) is 14.2. The molecule has 6 rings (SSSR count). The molecule has 10 unspecified atom stereocenters. The number of carbonyl (C=O) groups is 1. The van der Waals surface area contributed by atoms with Crippen LogP contribution < -0.4 is 4.74 Å². The van der Waals surface area contributed by atoms with Gasteiger partial charge in [0.15, 0.2) is 0 Å². The Labute approximate surface area is 237 Å². The molecule has 3 nitrogen and oxygen atoms in total. The highest BCUT2D eigenvalue weighted by molar-refractivity contribution is 5.81. The van der Waals surface area contributed by atoms with Crippen molar-refractivity contribution in [2.75, 3.05) is 0 Å². The molecule has 4 saturated carbocycles. The molecule has 1 aromatic rings. The molecule has 10 atom stereocenters. The molecule has 214 valence electrons. The van der Waals surface area contributed by atoms with Gasteiger partial charge in [-0.25, -0.2) is 0 Å². The highest BCUT2D eigenvalue weighted by Gasteiger charge is 2.69. The van der Waals surface area contributed by atoms with Crippen LogP contribution >= 0.6 is 0 Å². The second kappa shape index (κ2) is 8.94. The molecule has 0 aliphatic heterocycles. The van der Waals surface area contributed by atoms with Gasteiger partial charge in [0.2, 0.25) is 0 Å². The van der Waals surface area contributed by atoms with Crippen LogP contribution in [0.2, 0.25) is 0 Å². The fourth-order valence-electron chi connectivity index (χ4n) is 11.5. The van der Waals surface area contributed by atoms with Crippen LogP contribution in [0.3, 0.4) is 0 Å². The molecule has 3 heteroatoms. The first-order valence-electron chi connectivity index (χ1n) is 16.0. The van der Waals surface area contributed by atoms with Crippen LogP contribution in [0.5, 0.6) is 5.75 Å². The van der Waals surface area contributed by atoms with E-state index in [9.17, 15) is 9.90 Å². The van der Waals surface area contributed by atoms with Crippen molar-refractivity contribution in [3.8, 4) is 5.75 Å². The molecule has 0 aromatic heterocycles. The molecule has 0 spiro atoms. The van der Waals surface area contributed by atoms with E-state index in [4.69, 9.17) is 4.74 Å². The van der Waals surface area contributed by atoms with Gasteiger partial charge in [-0.1, -0.05) is 78.3 Å². The summed E-state index contributed by atoms with van der Waals surface area (Å²) in [6.07, 6.45) is 12.1. The van der Waals surface area contributed by atoms with E-state index in [1.165, 1.54) is 12.8 Å². The fourth-order valence-corrected chi connectivity index (χ4v) is 11.5. The number of esters is 1. The van der Waals surface area contributed by atoms with Crippen molar-refractivity contribution in [2.45, 2.75) is 112 Å². The van der Waals surface area contributed by atoms with Gasteiger partial charge in [-0.2, -0.15) is 0 Å². The molecule has 0 radical (unpaired) electrons. The lowest BCUT2D eigenvalue weighted by molar-refractivity contribution is -0.206. The number of allylic oxidation sites excluding steroid dienone is 2. The Bertz CT molecular complexity index is 1150. The Morgan fingerprint density at radius 3 is 2.31 bits per heavy atom. The first-order chi connectivity index (χ1) is 18.3. The molecular weight excluding hydrogens is 480 g/mol. The number of hydrogen-bond donors (Lipinski definition) is 1. The number of hydrogen-bond acceptors (Lipinski definition) is 3. The van der Waals surface area contributed by atoms with E-state index >= 15 is 0 Å². The zero-order valence-electron chi connectivity index (χ0n) is 25.6. The summed E-state index contributed by atoms with van der Waals surface area (Å²) in [7, 11) is 0. The third-order valence-electron chi connectivity index (χ3n) is 14.3. The van der Waals surface area contributed by atoms with Crippen LogP contribution in [0, 0.1) is 56.7 Å². The number of benzene rings is 1. The van der Waals surface area contributed by atoms with Gasteiger partial charge < -0.3 is 9.84 Å². The summed E-state index contributed by atoms with van der Waals surface area (Å²) in [5.74, 6) is 3.18. The highest BCUT2D eigenvalue weighted by Crippen LogP contribution is 2.75. The molecule has 5 aliphatic carbocycles. The minimum atomic E-state index is -0.422. The van der Waals surface area contributed by atoms with Crippen molar-refractivity contribution < 1.29 is 14.6 Å². The summed E-state index contributed by atoms with van der Waals surface area (Å²) in [6, 6.07) is 9.71. The van der Waals surface area contributed by atoms with Crippen molar-refractivity contribution in [3.63, 3.8) is 0 Å². The molecule has 0 heterocycles. The number of aliphatic hydroxyl groups excluding tert-OH is 1. The largest absolute Gasteiger partial charge is 0.426 e. The van der Waals surface area contributed by atoms with Crippen LogP contribution in [0.4, 0.5) is 0 Å². The Kier molecular flexibility index (Phi) is 6.32. The van der Waals surface area contributed by atoms with Gasteiger partial charge in [0, 0.05) is 0 Å². The van der Waals surface area contributed by atoms with E-state index in [1.807, 2.05) is 30.3 Å². The lowest BCUT2D eigenvalue weighted by Gasteiger charge is -2.71. The molecule has 1 aromatic carbocycles. The van der Waals surface area contributed by atoms with Gasteiger partial charge in [-0.3, -0.25) is 4.79 Å². The summed E-state index contributed by atoms with van der Waals surface area (Å²) < 4.78 is 6.17. The average molecular weight is 533 g/mol.